The minimum Gasteiger partial charge on any atom is -0.497 e. The number of nitrogens with one attached hydrogen (secondary N) is 1. The van der Waals surface area contributed by atoms with Gasteiger partial charge in [-0.05, 0) is 12.1 Å². The summed E-state index contributed by atoms with van der Waals surface area (Å²) in [6, 6.07) is 7.98. The number of hydrogen-bond acceptors (Lipinski definition) is 5. The molecule has 0 fully saturated rings. The zero-order valence-corrected chi connectivity index (χ0v) is 11.9. The second-order valence-corrected chi connectivity index (χ2v) is 5.09. The molecule has 0 amide bonds. The number of nitrogens with zero attached hydrogens (tertiary/aromatic N) is 1. The average molecular weight is 277 g/mol. The van der Waals surface area contributed by atoms with Gasteiger partial charge in [-0.2, -0.15) is 0 Å². The average Bonchev–Trinajstić information content (AvgIpc) is 2.92. The fourth-order valence-electron chi connectivity index (χ4n) is 1.76. The molecule has 0 spiro atoms. The molecular weight excluding hydrogens is 258 g/mol. The van der Waals surface area contributed by atoms with Crippen molar-refractivity contribution in [2.24, 2.45) is 5.73 Å². The van der Waals surface area contributed by atoms with Crippen LogP contribution >= 0.6 is 11.3 Å². The van der Waals surface area contributed by atoms with Gasteiger partial charge in [0.1, 0.15) is 5.75 Å². The van der Waals surface area contributed by atoms with Crippen molar-refractivity contribution in [3.05, 3.63) is 34.7 Å². The fraction of sp³-hybridized carbons (Fsp3) is 0.357. The molecule has 3 N–H and O–H groups in total. The topological polar surface area (TPSA) is 60.2 Å². The summed E-state index contributed by atoms with van der Waals surface area (Å²) in [6.07, 6.45) is 0.939. The van der Waals surface area contributed by atoms with Crippen molar-refractivity contribution in [2.45, 2.75) is 6.42 Å². The molecule has 0 unspecified atom stereocenters. The summed E-state index contributed by atoms with van der Waals surface area (Å²) in [4.78, 5) is 4.65. The van der Waals surface area contributed by atoms with E-state index in [0.29, 0.717) is 6.54 Å². The van der Waals surface area contributed by atoms with Gasteiger partial charge < -0.3 is 15.8 Å². The Morgan fingerprint density at radius 2 is 2.26 bits per heavy atom. The number of benzene rings is 1. The standard InChI is InChI=1S/C14H19N3OS/c1-18-12-4-2-3-11(9-12)13-10-19-14(17-13)5-7-16-8-6-15/h2-4,9-10,16H,5-8,15H2,1H3. The maximum absolute atomic E-state index is 5.43. The van der Waals surface area contributed by atoms with Crippen molar-refractivity contribution >= 4 is 11.3 Å². The molecule has 19 heavy (non-hydrogen) atoms. The van der Waals surface area contributed by atoms with Crippen LogP contribution in [-0.4, -0.2) is 31.7 Å². The van der Waals surface area contributed by atoms with E-state index in [9.17, 15) is 0 Å². The van der Waals surface area contributed by atoms with Gasteiger partial charge in [0.2, 0.25) is 0 Å². The third-order valence-corrected chi connectivity index (χ3v) is 3.66. The summed E-state index contributed by atoms with van der Waals surface area (Å²) in [5.74, 6) is 0.858. The number of nitrogens with two attached hydrogens (primary N) is 1. The Morgan fingerprint density at radius 1 is 1.37 bits per heavy atom. The van der Waals surface area contributed by atoms with Crippen molar-refractivity contribution in [3.8, 4) is 17.0 Å². The molecule has 0 radical (unpaired) electrons. The summed E-state index contributed by atoms with van der Waals surface area (Å²) in [7, 11) is 1.68. The van der Waals surface area contributed by atoms with Gasteiger partial charge >= 0.3 is 0 Å². The molecule has 1 aromatic heterocycles. The molecule has 2 aromatic rings. The van der Waals surface area contributed by atoms with Crippen LogP contribution in [0.15, 0.2) is 29.6 Å². The van der Waals surface area contributed by atoms with Crippen molar-refractivity contribution in [3.63, 3.8) is 0 Å². The number of aromatic nitrogens is 1. The molecule has 0 bridgehead atoms. The van der Waals surface area contributed by atoms with Crippen LogP contribution in [-0.2, 0) is 6.42 Å². The van der Waals surface area contributed by atoms with Crippen LogP contribution < -0.4 is 15.8 Å². The second-order valence-electron chi connectivity index (χ2n) is 4.15. The van der Waals surface area contributed by atoms with Gasteiger partial charge in [0.05, 0.1) is 17.8 Å². The number of thiazole rings is 1. The monoisotopic (exact) mass is 277 g/mol. The zero-order chi connectivity index (χ0) is 13.5. The minimum atomic E-state index is 0.674. The van der Waals surface area contributed by atoms with Crippen LogP contribution in [0.3, 0.4) is 0 Å². The van der Waals surface area contributed by atoms with Gasteiger partial charge in [-0.3, -0.25) is 0 Å². The first-order chi connectivity index (χ1) is 9.33. The molecule has 0 atom stereocenters. The fourth-order valence-corrected chi connectivity index (χ4v) is 2.57. The van der Waals surface area contributed by atoms with Crippen LogP contribution in [0.25, 0.3) is 11.3 Å². The van der Waals surface area contributed by atoms with E-state index in [1.54, 1.807) is 18.4 Å². The Kier molecular flexibility index (Phi) is 5.32. The highest BCUT2D eigenvalue weighted by Crippen LogP contribution is 2.25. The summed E-state index contributed by atoms with van der Waals surface area (Å²) in [5, 5.41) is 6.50. The number of ether oxygens (including phenoxy) is 1. The smallest absolute Gasteiger partial charge is 0.119 e. The first-order valence-electron chi connectivity index (χ1n) is 6.33. The second kappa shape index (κ2) is 7.23. The maximum atomic E-state index is 5.43. The van der Waals surface area contributed by atoms with Gasteiger partial charge in [-0.1, -0.05) is 12.1 Å². The summed E-state index contributed by atoms with van der Waals surface area (Å²) in [5.41, 5.74) is 7.53. The first-order valence-corrected chi connectivity index (χ1v) is 7.21. The van der Waals surface area contributed by atoms with E-state index >= 15 is 0 Å². The van der Waals surface area contributed by atoms with Gasteiger partial charge in [-0.25, -0.2) is 4.98 Å². The molecule has 0 aliphatic carbocycles. The number of rotatable bonds is 7. The van der Waals surface area contributed by atoms with Gasteiger partial charge in [0.25, 0.3) is 0 Å². The predicted octanol–water partition coefficient (Wildman–Crippen LogP) is 1.91. The summed E-state index contributed by atoms with van der Waals surface area (Å²) >= 11 is 1.69. The van der Waals surface area contributed by atoms with E-state index in [2.05, 4.69) is 15.7 Å². The molecule has 0 aliphatic rings. The number of hydrogen-bond donors (Lipinski definition) is 2. The highest BCUT2D eigenvalue weighted by Gasteiger charge is 2.05. The van der Waals surface area contributed by atoms with Gasteiger partial charge in [-0.15, -0.1) is 11.3 Å². The lowest BCUT2D eigenvalue weighted by Gasteiger charge is -2.02. The molecule has 0 saturated heterocycles. The molecule has 5 heteroatoms. The minimum absolute atomic E-state index is 0.674. The van der Waals surface area contributed by atoms with Crippen LogP contribution in [0.4, 0.5) is 0 Å². The van der Waals surface area contributed by atoms with Crippen LogP contribution in [0.5, 0.6) is 5.75 Å². The Labute approximate surface area is 117 Å². The lowest BCUT2D eigenvalue weighted by molar-refractivity contribution is 0.415. The molecule has 4 nitrogen and oxygen atoms in total. The summed E-state index contributed by atoms with van der Waals surface area (Å²) < 4.78 is 5.23. The van der Waals surface area contributed by atoms with E-state index in [1.807, 2.05) is 24.3 Å². The third kappa shape index (κ3) is 4.02. The largest absolute Gasteiger partial charge is 0.497 e. The van der Waals surface area contributed by atoms with E-state index in [-0.39, 0.29) is 0 Å². The molecule has 0 saturated carbocycles. The van der Waals surface area contributed by atoms with Crippen molar-refractivity contribution in [2.75, 3.05) is 26.7 Å². The predicted molar refractivity (Wildman–Crippen MR) is 79.7 cm³/mol. The maximum Gasteiger partial charge on any atom is 0.119 e. The van der Waals surface area contributed by atoms with Gasteiger partial charge in [0.15, 0.2) is 0 Å². The van der Waals surface area contributed by atoms with E-state index < -0.39 is 0 Å². The van der Waals surface area contributed by atoms with Gasteiger partial charge in [0, 0.05) is 37.0 Å². The van der Waals surface area contributed by atoms with Crippen LogP contribution in [0.2, 0.25) is 0 Å². The number of methoxy groups -OCH3 is 1. The molecule has 2 rings (SSSR count). The molecule has 0 aliphatic heterocycles. The SMILES string of the molecule is COc1cccc(-c2csc(CCNCCN)n2)c1. The van der Waals surface area contributed by atoms with E-state index in [0.717, 1.165) is 41.5 Å². The first kappa shape index (κ1) is 14.0. The van der Waals surface area contributed by atoms with Crippen LogP contribution in [0, 0.1) is 0 Å². The normalized spacial score (nSPS) is 10.6. The summed E-state index contributed by atoms with van der Waals surface area (Å²) in [6.45, 7) is 2.45. The Bertz CT molecular complexity index is 513. The lowest BCUT2D eigenvalue weighted by atomic mass is 10.2. The quantitative estimate of drug-likeness (QED) is 0.759. The molecular formula is C14H19N3OS. The zero-order valence-electron chi connectivity index (χ0n) is 11.1. The Balaban J connectivity index is 1.99. The van der Waals surface area contributed by atoms with E-state index in [1.165, 1.54) is 0 Å². The van der Waals surface area contributed by atoms with Crippen molar-refractivity contribution in [1.82, 2.24) is 10.3 Å². The van der Waals surface area contributed by atoms with Crippen molar-refractivity contribution < 1.29 is 4.74 Å². The highest BCUT2D eigenvalue weighted by atomic mass is 32.1. The van der Waals surface area contributed by atoms with Crippen LogP contribution in [0.1, 0.15) is 5.01 Å². The van der Waals surface area contributed by atoms with Crippen molar-refractivity contribution in [1.29, 1.82) is 0 Å². The Morgan fingerprint density at radius 3 is 3.05 bits per heavy atom. The Hall–Kier alpha value is -1.43. The molecule has 1 heterocycles. The molecule has 102 valence electrons. The lowest BCUT2D eigenvalue weighted by Crippen LogP contribution is -2.24. The van der Waals surface area contributed by atoms with E-state index in [4.69, 9.17) is 10.5 Å². The highest BCUT2D eigenvalue weighted by molar-refractivity contribution is 7.09. The molecule has 1 aromatic carbocycles. The third-order valence-electron chi connectivity index (χ3n) is 2.75.